The molecule has 2 aromatic rings. The van der Waals surface area contributed by atoms with Crippen LogP contribution in [-0.4, -0.2) is 20.4 Å². The Bertz CT molecular complexity index is 626. The molecule has 0 radical (unpaired) electrons. The van der Waals surface area contributed by atoms with E-state index in [1.807, 2.05) is 17.8 Å². The second-order valence-corrected chi connectivity index (χ2v) is 6.42. The van der Waals surface area contributed by atoms with Gasteiger partial charge in [-0.1, -0.05) is 24.4 Å². The molecule has 3 rings (SSSR count). The van der Waals surface area contributed by atoms with Crippen LogP contribution in [0.2, 0.25) is 0 Å². The van der Waals surface area contributed by atoms with Gasteiger partial charge in [0.1, 0.15) is 11.8 Å². The van der Waals surface area contributed by atoms with Gasteiger partial charge >= 0.3 is 0 Å². The van der Waals surface area contributed by atoms with E-state index >= 15 is 0 Å². The molecule has 1 fully saturated rings. The molecule has 0 amide bonds. The highest BCUT2D eigenvalue weighted by molar-refractivity contribution is 7.99. The Labute approximate surface area is 127 Å². The Balaban J connectivity index is 1.61. The predicted molar refractivity (Wildman–Crippen MR) is 80.4 cm³/mol. The van der Waals surface area contributed by atoms with E-state index in [1.54, 1.807) is 12.1 Å². The number of rotatable bonds is 4. The molecule has 0 bridgehead atoms. The van der Waals surface area contributed by atoms with Gasteiger partial charge in [-0.05, 0) is 25.0 Å². The topological polar surface area (TPSA) is 75.6 Å². The molecule has 0 aromatic carbocycles. The lowest BCUT2D eigenvalue weighted by Gasteiger charge is -2.19. The van der Waals surface area contributed by atoms with Crippen LogP contribution in [0.25, 0.3) is 11.6 Å². The fourth-order valence-electron chi connectivity index (χ4n) is 2.43. The number of nitrogens with zero attached hydrogens (tertiary/aromatic N) is 4. The van der Waals surface area contributed by atoms with Gasteiger partial charge in [0.2, 0.25) is 0 Å². The summed E-state index contributed by atoms with van der Waals surface area (Å²) in [5.41, 5.74) is 1.13. The van der Waals surface area contributed by atoms with E-state index in [-0.39, 0.29) is 0 Å². The summed E-state index contributed by atoms with van der Waals surface area (Å²) in [5.74, 6) is 1.91. The molecule has 1 saturated carbocycles. The summed E-state index contributed by atoms with van der Waals surface area (Å²) < 4.78 is 5.24. The Morgan fingerprint density at radius 3 is 2.86 bits per heavy atom. The molecule has 5 nitrogen and oxygen atoms in total. The monoisotopic (exact) mass is 300 g/mol. The van der Waals surface area contributed by atoms with Crippen molar-refractivity contribution >= 4 is 11.8 Å². The van der Waals surface area contributed by atoms with Gasteiger partial charge in [-0.2, -0.15) is 22.0 Å². The molecule has 0 saturated heterocycles. The van der Waals surface area contributed by atoms with E-state index in [2.05, 4.69) is 15.1 Å². The third-order valence-electron chi connectivity index (χ3n) is 3.58. The van der Waals surface area contributed by atoms with Crippen LogP contribution in [0.4, 0.5) is 0 Å². The van der Waals surface area contributed by atoms with Crippen LogP contribution in [0.1, 0.15) is 43.5 Å². The standard InChI is InChI=1S/C15H16N4OS/c16-8-11-6-7-13(17-9-11)15-18-14(19-20-15)10-21-12-4-2-1-3-5-12/h6-7,9,12H,1-5,10H2. The Hall–Kier alpha value is -1.87. The van der Waals surface area contributed by atoms with Gasteiger partial charge in [0.05, 0.1) is 11.3 Å². The van der Waals surface area contributed by atoms with Crippen molar-refractivity contribution in [3.05, 3.63) is 29.7 Å². The van der Waals surface area contributed by atoms with Gasteiger partial charge < -0.3 is 4.52 Å². The Morgan fingerprint density at radius 1 is 1.29 bits per heavy atom. The van der Waals surface area contributed by atoms with Crippen LogP contribution in [-0.2, 0) is 5.75 Å². The van der Waals surface area contributed by atoms with Crippen LogP contribution in [0.15, 0.2) is 22.9 Å². The summed E-state index contributed by atoms with van der Waals surface area (Å²) in [6.07, 6.45) is 8.15. The zero-order valence-corrected chi connectivity index (χ0v) is 12.5. The van der Waals surface area contributed by atoms with E-state index in [1.165, 1.54) is 38.3 Å². The maximum Gasteiger partial charge on any atom is 0.276 e. The van der Waals surface area contributed by atoms with Crippen LogP contribution >= 0.6 is 11.8 Å². The Morgan fingerprint density at radius 2 is 2.14 bits per heavy atom. The lowest BCUT2D eigenvalue weighted by Crippen LogP contribution is -2.08. The third kappa shape index (κ3) is 3.61. The maximum atomic E-state index is 8.75. The molecule has 1 aliphatic carbocycles. The van der Waals surface area contributed by atoms with E-state index in [4.69, 9.17) is 9.78 Å². The predicted octanol–water partition coefficient (Wildman–Crippen LogP) is 3.57. The highest BCUT2D eigenvalue weighted by atomic mass is 32.2. The molecular formula is C15H16N4OS. The van der Waals surface area contributed by atoms with Crippen LogP contribution in [0, 0.1) is 11.3 Å². The first-order valence-electron chi connectivity index (χ1n) is 7.16. The summed E-state index contributed by atoms with van der Waals surface area (Å²) >= 11 is 1.92. The van der Waals surface area contributed by atoms with E-state index in [0.717, 1.165) is 11.0 Å². The maximum absolute atomic E-state index is 8.75. The fraction of sp³-hybridized carbons (Fsp3) is 0.467. The molecule has 6 heteroatoms. The first kappa shape index (κ1) is 14.1. The van der Waals surface area contributed by atoms with E-state index in [0.29, 0.717) is 23.0 Å². The highest BCUT2D eigenvalue weighted by Gasteiger charge is 2.16. The first-order valence-corrected chi connectivity index (χ1v) is 8.21. The first-order chi connectivity index (χ1) is 10.3. The third-order valence-corrected chi connectivity index (χ3v) is 4.95. The molecule has 0 aliphatic heterocycles. The lowest BCUT2D eigenvalue weighted by atomic mass is 10.0. The fourth-order valence-corrected chi connectivity index (χ4v) is 3.60. The van der Waals surface area contributed by atoms with Crippen molar-refractivity contribution in [2.24, 2.45) is 0 Å². The second kappa shape index (κ2) is 6.72. The minimum Gasteiger partial charge on any atom is -0.332 e. The molecule has 0 spiro atoms. The molecule has 2 heterocycles. The van der Waals surface area contributed by atoms with Crippen molar-refractivity contribution < 1.29 is 4.52 Å². The number of aromatic nitrogens is 3. The lowest BCUT2D eigenvalue weighted by molar-refractivity contribution is 0.424. The molecule has 0 atom stereocenters. The van der Waals surface area contributed by atoms with Gasteiger partial charge in [-0.3, -0.25) is 0 Å². The van der Waals surface area contributed by atoms with Gasteiger partial charge in [-0.15, -0.1) is 0 Å². The second-order valence-electron chi connectivity index (χ2n) is 5.13. The number of hydrogen-bond donors (Lipinski definition) is 0. The average molecular weight is 300 g/mol. The van der Waals surface area contributed by atoms with Gasteiger partial charge in [0.25, 0.3) is 5.89 Å². The summed E-state index contributed by atoms with van der Waals surface area (Å²) in [6.45, 7) is 0. The molecule has 108 valence electrons. The minimum atomic E-state index is 0.415. The van der Waals surface area contributed by atoms with Crippen LogP contribution < -0.4 is 0 Å². The number of pyridine rings is 1. The van der Waals surface area contributed by atoms with Gasteiger partial charge in [-0.25, -0.2) is 4.98 Å². The summed E-state index contributed by atoms with van der Waals surface area (Å²) in [6, 6.07) is 5.46. The SMILES string of the molecule is N#Cc1ccc(-c2nc(CSC3CCCCC3)no2)nc1. The van der Waals surface area contributed by atoms with Crippen molar-refractivity contribution in [1.82, 2.24) is 15.1 Å². The Kier molecular flexibility index (Phi) is 4.51. The minimum absolute atomic E-state index is 0.415. The van der Waals surface area contributed by atoms with Crippen molar-refractivity contribution in [3.8, 4) is 17.7 Å². The number of hydrogen-bond acceptors (Lipinski definition) is 6. The van der Waals surface area contributed by atoms with Crippen LogP contribution in [0.3, 0.4) is 0 Å². The zero-order chi connectivity index (χ0) is 14.5. The van der Waals surface area contributed by atoms with Gasteiger partial charge in [0.15, 0.2) is 5.82 Å². The molecule has 1 aliphatic rings. The van der Waals surface area contributed by atoms with Crippen molar-refractivity contribution in [2.45, 2.75) is 43.1 Å². The zero-order valence-electron chi connectivity index (χ0n) is 11.7. The summed E-state index contributed by atoms with van der Waals surface area (Å²) in [4.78, 5) is 8.53. The quantitative estimate of drug-likeness (QED) is 0.859. The van der Waals surface area contributed by atoms with Crippen LogP contribution in [0.5, 0.6) is 0 Å². The largest absolute Gasteiger partial charge is 0.332 e. The molecule has 21 heavy (non-hydrogen) atoms. The normalized spacial score (nSPS) is 15.8. The summed E-state index contributed by atoms with van der Waals surface area (Å²) in [5, 5.41) is 13.5. The summed E-state index contributed by atoms with van der Waals surface area (Å²) in [7, 11) is 0. The molecule has 2 aromatic heterocycles. The number of thioether (sulfide) groups is 1. The van der Waals surface area contributed by atoms with E-state index in [9.17, 15) is 0 Å². The molecule has 0 unspecified atom stereocenters. The molecule has 0 N–H and O–H groups in total. The average Bonchev–Trinajstić information content (AvgIpc) is 3.03. The van der Waals surface area contributed by atoms with Gasteiger partial charge in [0, 0.05) is 11.4 Å². The van der Waals surface area contributed by atoms with Crippen molar-refractivity contribution in [1.29, 1.82) is 5.26 Å². The highest BCUT2D eigenvalue weighted by Crippen LogP contribution is 2.30. The van der Waals surface area contributed by atoms with E-state index < -0.39 is 0 Å². The van der Waals surface area contributed by atoms with Crippen molar-refractivity contribution in [2.75, 3.05) is 0 Å². The number of nitriles is 1. The molecular weight excluding hydrogens is 284 g/mol. The van der Waals surface area contributed by atoms with Crippen molar-refractivity contribution in [3.63, 3.8) is 0 Å². The smallest absolute Gasteiger partial charge is 0.276 e.